The van der Waals surface area contributed by atoms with E-state index in [4.69, 9.17) is 15.2 Å². The Morgan fingerprint density at radius 2 is 1.92 bits per heavy atom. The number of thiophene rings is 1. The first-order valence-corrected chi connectivity index (χ1v) is 9.83. The average Bonchev–Trinajstić information content (AvgIpc) is 3.24. The molecular formula is C19H27NO4S. The number of fused-ring (bicyclic) bond motifs is 1. The van der Waals surface area contributed by atoms with Gasteiger partial charge in [0.25, 0.3) is 0 Å². The number of hydrogen-bond donors (Lipinski definition) is 1. The number of nitrogen functional groups attached to an aromatic ring is 1. The molecule has 1 aromatic rings. The van der Waals surface area contributed by atoms with Crippen molar-refractivity contribution in [3.8, 4) is 0 Å². The molecule has 2 aliphatic carbocycles. The first-order valence-electron chi connectivity index (χ1n) is 9.02. The summed E-state index contributed by atoms with van der Waals surface area (Å²) in [4.78, 5) is 25.7. The Morgan fingerprint density at radius 1 is 1.20 bits per heavy atom. The third-order valence-corrected chi connectivity index (χ3v) is 5.74. The van der Waals surface area contributed by atoms with Crippen molar-refractivity contribution in [2.24, 2.45) is 11.8 Å². The quantitative estimate of drug-likeness (QED) is 0.804. The Labute approximate surface area is 152 Å². The SMILES string of the molecule is CC(C)(C)OC(=O)CC1CCc2sc(N)c(C(=O)OCC3CC3)c2C1. The summed E-state index contributed by atoms with van der Waals surface area (Å²) in [5, 5.41) is 0.545. The lowest BCUT2D eigenvalue weighted by molar-refractivity contribution is -0.156. The summed E-state index contributed by atoms with van der Waals surface area (Å²) in [7, 11) is 0. The Hall–Kier alpha value is -1.56. The molecule has 6 heteroatoms. The van der Waals surface area contributed by atoms with Crippen LogP contribution < -0.4 is 5.73 Å². The van der Waals surface area contributed by atoms with Crippen LogP contribution >= 0.6 is 11.3 Å². The zero-order valence-electron chi connectivity index (χ0n) is 15.2. The van der Waals surface area contributed by atoms with Crippen molar-refractivity contribution in [2.75, 3.05) is 12.3 Å². The maximum absolute atomic E-state index is 12.5. The molecule has 138 valence electrons. The van der Waals surface area contributed by atoms with Crippen LogP contribution in [-0.2, 0) is 27.1 Å². The van der Waals surface area contributed by atoms with Crippen LogP contribution in [-0.4, -0.2) is 24.1 Å². The predicted octanol–water partition coefficient (Wildman–Crippen LogP) is 3.73. The smallest absolute Gasteiger partial charge is 0.341 e. The summed E-state index contributed by atoms with van der Waals surface area (Å²) in [5.41, 5.74) is 7.15. The Kier molecular flexibility index (Phi) is 5.09. The molecule has 0 spiro atoms. The van der Waals surface area contributed by atoms with Gasteiger partial charge in [-0.15, -0.1) is 11.3 Å². The summed E-state index contributed by atoms with van der Waals surface area (Å²) in [6.45, 7) is 6.11. The molecule has 1 unspecified atom stereocenters. The Balaban J connectivity index is 1.66. The summed E-state index contributed by atoms with van der Waals surface area (Å²) < 4.78 is 10.9. The number of carbonyl (C=O) groups is 2. The number of hydrogen-bond acceptors (Lipinski definition) is 6. The maximum Gasteiger partial charge on any atom is 0.341 e. The highest BCUT2D eigenvalue weighted by molar-refractivity contribution is 7.16. The molecule has 0 radical (unpaired) electrons. The van der Waals surface area contributed by atoms with E-state index in [1.165, 1.54) is 11.3 Å². The van der Waals surface area contributed by atoms with Gasteiger partial charge in [-0.2, -0.15) is 0 Å². The molecule has 25 heavy (non-hydrogen) atoms. The van der Waals surface area contributed by atoms with E-state index in [0.717, 1.165) is 36.1 Å². The molecule has 1 saturated carbocycles. The van der Waals surface area contributed by atoms with E-state index in [1.54, 1.807) is 0 Å². The molecule has 0 aromatic carbocycles. The predicted molar refractivity (Wildman–Crippen MR) is 97.7 cm³/mol. The first-order chi connectivity index (χ1) is 11.7. The van der Waals surface area contributed by atoms with Crippen LogP contribution in [0.15, 0.2) is 0 Å². The van der Waals surface area contributed by atoms with Crippen LogP contribution in [0.2, 0.25) is 0 Å². The molecule has 0 amide bonds. The molecule has 1 atom stereocenters. The van der Waals surface area contributed by atoms with Crippen molar-refractivity contribution >= 4 is 28.3 Å². The Morgan fingerprint density at radius 3 is 2.56 bits per heavy atom. The minimum absolute atomic E-state index is 0.179. The van der Waals surface area contributed by atoms with E-state index in [-0.39, 0.29) is 17.9 Å². The van der Waals surface area contributed by atoms with Gasteiger partial charge >= 0.3 is 11.9 Å². The van der Waals surface area contributed by atoms with Crippen LogP contribution in [0.25, 0.3) is 0 Å². The van der Waals surface area contributed by atoms with Gasteiger partial charge in [-0.1, -0.05) is 0 Å². The van der Waals surface area contributed by atoms with Gasteiger partial charge in [0.2, 0.25) is 0 Å². The highest BCUT2D eigenvalue weighted by Gasteiger charge is 2.32. The highest BCUT2D eigenvalue weighted by Crippen LogP contribution is 2.40. The second kappa shape index (κ2) is 6.98. The van der Waals surface area contributed by atoms with E-state index in [9.17, 15) is 9.59 Å². The fourth-order valence-electron chi connectivity index (χ4n) is 3.24. The molecule has 5 nitrogen and oxygen atoms in total. The van der Waals surface area contributed by atoms with E-state index < -0.39 is 5.60 Å². The van der Waals surface area contributed by atoms with Gasteiger partial charge in [0.1, 0.15) is 10.6 Å². The van der Waals surface area contributed by atoms with E-state index in [1.807, 2.05) is 20.8 Å². The molecule has 1 aromatic heterocycles. The largest absolute Gasteiger partial charge is 0.462 e. The van der Waals surface area contributed by atoms with Crippen molar-refractivity contribution < 1.29 is 19.1 Å². The molecule has 3 rings (SSSR count). The van der Waals surface area contributed by atoms with Gasteiger partial charge in [0, 0.05) is 11.3 Å². The molecule has 0 saturated heterocycles. The normalized spacial score (nSPS) is 20.0. The van der Waals surface area contributed by atoms with Gasteiger partial charge in [-0.25, -0.2) is 4.79 Å². The Bertz CT molecular complexity index is 670. The molecule has 2 aliphatic rings. The number of anilines is 1. The topological polar surface area (TPSA) is 78.6 Å². The van der Waals surface area contributed by atoms with Gasteiger partial charge in [0.15, 0.2) is 0 Å². The fourth-order valence-corrected chi connectivity index (χ4v) is 4.35. The molecular weight excluding hydrogens is 338 g/mol. The van der Waals surface area contributed by atoms with Crippen molar-refractivity contribution in [2.45, 2.75) is 64.9 Å². The molecule has 1 fully saturated rings. The van der Waals surface area contributed by atoms with E-state index in [0.29, 0.717) is 35.9 Å². The summed E-state index contributed by atoms with van der Waals surface area (Å²) in [6.07, 6.45) is 5.13. The number of esters is 2. The lowest BCUT2D eigenvalue weighted by Crippen LogP contribution is -2.27. The number of carbonyl (C=O) groups excluding carboxylic acids is 2. The summed E-state index contributed by atoms with van der Waals surface area (Å²) >= 11 is 1.49. The fraction of sp³-hybridized carbons (Fsp3) is 0.684. The van der Waals surface area contributed by atoms with E-state index in [2.05, 4.69) is 0 Å². The van der Waals surface area contributed by atoms with Crippen molar-refractivity contribution in [1.29, 1.82) is 0 Å². The van der Waals surface area contributed by atoms with Crippen LogP contribution in [0.4, 0.5) is 5.00 Å². The first kappa shape index (κ1) is 18.2. The molecule has 1 heterocycles. The standard InChI is InChI=1S/C19H27NO4S/c1-19(2,3)24-15(21)9-12-6-7-14-13(8-12)16(17(20)25-14)18(22)23-10-11-4-5-11/h11-12H,4-10,20H2,1-3H3. The molecule has 0 bridgehead atoms. The number of ether oxygens (including phenoxy) is 2. The van der Waals surface area contributed by atoms with Gasteiger partial charge in [-0.3, -0.25) is 4.79 Å². The van der Waals surface area contributed by atoms with Crippen LogP contribution in [0, 0.1) is 11.8 Å². The maximum atomic E-state index is 12.5. The summed E-state index contributed by atoms with van der Waals surface area (Å²) in [5.74, 6) is 0.229. The zero-order valence-corrected chi connectivity index (χ0v) is 16.0. The highest BCUT2D eigenvalue weighted by atomic mass is 32.1. The van der Waals surface area contributed by atoms with Crippen LogP contribution in [0.3, 0.4) is 0 Å². The van der Waals surface area contributed by atoms with Crippen LogP contribution in [0.1, 0.15) is 67.3 Å². The number of aryl methyl sites for hydroxylation is 1. The van der Waals surface area contributed by atoms with Gasteiger partial charge in [0.05, 0.1) is 12.2 Å². The lowest BCUT2D eigenvalue weighted by atomic mass is 9.84. The molecule has 0 aliphatic heterocycles. The summed E-state index contributed by atoms with van der Waals surface area (Å²) in [6, 6.07) is 0. The third kappa shape index (κ3) is 4.75. The molecule has 2 N–H and O–H groups in total. The second-order valence-electron chi connectivity index (χ2n) is 8.18. The van der Waals surface area contributed by atoms with Crippen molar-refractivity contribution in [3.63, 3.8) is 0 Å². The monoisotopic (exact) mass is 365 g/mol. The van der Waals surface area contributed by atoms with Gasteiger partial charge in [-0.05, 0) is 70.3 Å². The van der Waals surface area contributed by atoms with E-state index >= 15 is 0 Å². The lowest BCUT2D eigenvalue weighted by Gasteiger charge is -2.25. The minimum Gasteiger partial charge on any atom is -0.462 e. The van der Waals surface area contributed by atoms with Crippen molar-refractivity contribution in [3.05, 3.63) is 16.0 Å². The van der Waals surface area contributed by atoms with Crippen LogP contribution in [0.5, 0.6) is 0 Å². The third-order valence-electron chi connectivity index (χ3n) is 4.62. The second-order valence-corrected chi connectivity index (χ2v) is 9.32. The average molecular weight is 365 g/mol. The number of rotatable bonds is 5. The minimum atomic E-state index is -0.471. The van der Waals surface area contributed by atoms with Gasteiger partial charge < -0.3 is 15.2 Å². The van der Waals surface area contributed by atoms with Crippen molar-refractivity contribution in [1.82, 2.24) is 0 Å². The zero-order chi connectivity index (χ0) is 18.2. The number of nitrogens with two attached hydrogens (primary N) is 1.